The Hall–Kier alpha value is -2.35. The number of hydrogen-bond donors (Lipinski definition) is 1. The van der Waals surface area contributed by atoms with E-state index in [1.807, 2.05) is 4.90 Å². The lowest BCUT2D eigenvalue weighted by molar-refractivity contribution is -0.126. The number of sulfonamides is 1. The molecule has 0 saturated carbocycles. The number of likely N-dealkylation sites (tertiary alicyclic amines) is 1. The van der Waals surface area contributed by atoms with E-state index >= 15 is 0 Å². The summed E-state index contributed by atoms with van der Waals surface area (Å²) in [7, 11) is -2.18. The number of carbonyl (C=O) groups is 1. The Kier molecular flexibility index (Phi) is 6.62. The summed E-state index contributed by atoms with van der Waals surface area (Å²) in [5.74, 6) is 1.25. The number of nitrogens with zero attached hydrogens (tertiary/aromatic N) is 2. The number of unbranched alkanes of at least 4 members (excludes halogenated alkanes) is 1. The Morgan fingerprint density at radius 2 is 1.90 bits per heavy atom. The molecule has 1 aromatic rings. The Morgan fingerprint density at radius 1 is 1.24 bits per heavy atom. The summed E-state index contributed by atoms with van der Waals surface area (Å²) in [5, 5.41) is 2.99. The molecule has 1 fully saturated rings. The molecule has 0 radical (unpaired) electrons. The third-order valence-electron chi connectivity index (χ3n) is 5.49. The van der Waals surface area contributed by atoms with Crippen molar-refractivity contribution in [1.29, 1.82) is 0 Å². The van der Waals surface area contributed by atoms with Gasteiger partial charge in [0.05, 0.1) is 7.11 Å². The zero-order chi connectivity index (χ0) is 21.0. The minimum Gasteiger partial charge on any atom is -0.497 e. The molecule has 1 amide bonds. The predicted octanol–water partition coefficient (Wildman–Crippen LogP) is 2.80. The summed E-state index contributed by atoms with van der Waals surface area (Å²) in [6.07, 6.45) is 3.43. The van der Waals surface area contributed by atoms with Crippen molar-refractivity contribution in [3.8, 4) is 5.75 Å². The molecule has 29 heavy (non-hydrogen) atoms. The summed E-state index contributed by atoms with van der Waals surface area (Å²) in [6, 6.07) is 6.96. The quantitative estimate of drug-likeness (QED) is 0.717. The molecule has 0 bridgehead atoms. The molecule has 0 unspecified atom stereocenters. The van der Waals surface area contributed by atoms with Crippen molar-refractivity contribution in [2.45, 2.75) is 39.5 Å². The molecule has 0 atom stereocenters. The molecule has 7 nitrogen and oxygen atoms in total. The number of amides is 1. The maximum Gasteiger partial charge on any atom is 0.285 e. The van der Waals surface area contributed by atoms with E-state index in [1.54, 1.807) is 38.3 Å². The highest BCUT2D eigenvalue weighted by atomic mass is 32.2. The van der Waals surface area contributed by atoms with E-state index in [4.69, 9.17) is 4.74 Å². The third-order valence-corrected chi connectivity index (χ3v) is 6.96. The third kappa shape index (κ3) is 4.63. The van der Waals surface area contributed by atoms with Gasteiger partial charge in [-0.1, -0.05) is 13.3 Å². The van der Waals surface area contributed by atoms with Crippen molar-refractivity contribution in [3.63, 3.8) is 0 Å². The smallest absolute Gasteiger partial charge is 0.285 e. The molecular formula is C21H29N3O4S. The number of amidine groups is 1. The second-order valence-corrected chi connectivity index (χ2v) is 9.02. The summed E-state index contributed by atoms with van der Waals surface area (Å²) in [5.41, 5.74) is 1.26. The fraction of sp³-hybridized carbons (Fsp3) is 0.524. The lowest BCUT2D eigenvalue weighted by atomic mass is 9.95. The van der Waals surface area contributed by atoms with Crippen LogP contribution in [0.2, 0.25) is 0 Å². The van der Waals surface area contributed by atoms with E-state index in [0.717, 1.165) is 12.8 Å². The SMILES string of the molecule is CCCCNC(=O)C1CCN(C2=NS(=O)(=O)C(c3ccc(OC)cc3)=C2C)CC1. The maximum absolute atomic E-state index is 12.7. The molecule has 8 heteroatoms. The number of methoxy groups -OCH3 is 1. The highest BCUT2D eigenvalue weighted by molar-refractivity contribution is 8.00. The minimum atomic E-state index is -3.75. The molecule has 158 valence electrons. The first-order chi connectivity index (χ1) is 13.9. The Morgan fingerprint density at radius 3 is 2.48 bits per heavy atom. The standard InChI is InChI=1S/C21H29N3O4S/c1-4-5-12-22-21(25)17-10-13-24(14-11-17)20-15(2)19(29(26,27)23-20)16-6-8-18(28-3)9-7-16/h6-9,17H,4-5,10-14H2,1-3H3,(H,22,25). The van der Waals surface area contributed by atoms with Crippen LogP contribution >= 0.6 is 0 Å². The molecule has 2 heterocycles. The van der Waals surface area contributed by atoms with Gasteiger partial charge in [-0.15, -0.1) is 4.40 Å². The number of ether oxygens (including phenoxy) is 1. The first kappa shape index (κ1) is 21.4. The van der Waals surface area contributed by atoms with Crippen LogP contribution in [0, 0.1) is 5.92 Å². The molecule has 3 rings (SSSR count). The van der Waals surface area contributed by atoms with Gasteiger partial charge in [0.2, 0.25) is 5.91 Å². The van der Waals surface area contributed by atoms with Crippen molar-refractivity contribution in [1.82, 2.24) is 10.2 Å². The first-order valence-corrected chi connectivity index (χ1v) is 11.5. The van der Waals surface area contributed by atoms with Gasteiger partial charge in [-0.2, -0.15) is 8.42 Å². The van der Waals surface area contributed by atoms with E-state index < -0.39 is 10.0 Å². The van der Waals surface area contributed by atoms with Gasteiger partial charge < -0.3 is 15.0 Å². The van der Waals surface area contributed by atoms with E-state index in [9.17, 15) is 13.2 Å². The van der Waals surface area contributed by atoms with Crippen LogP contribution in [0.25, 0.3) is 4.91 Å². The fourth-order valence-electron chi connectivity index (χ4n) is 3.81. The lowest BCUT2D eigenvalue weighted by Crippen LogP contribution is -2.43. The van der Waals surface area contributed by atoms with Crippen molar-refractivity contribution in [2.24, 2.45) is 10.3 Å². The zero-order valence-electron chi connectivity index (χ0n) is 17.3. The molecule has 1 N–H and O–H groups in total. The van der Waals surface area contributed by atoms with Crippen molar-refractivity contribution in [3.05, 3.63) is 35.4 Å². The topological polar surface area (TPSA) is 88.1 Å². The normalized spacial score (nSPS) is 19.3. The molecule has 0 aromatic heterocycles. The number of benzene rings is 1. The number of hydrogen-bond acceptors (Lipinski definition) is 5. The predicted molar refractivity (Wildman–Crippen MR) is 114 cm³/mol. The van der Waals surface area contributed by atoms with Gasteiger partial charge in [-0.05, 0) is 56.0 Å². The van der Waals surface area contributed by atoms with Gasteiger partial charge in [0.1, 0.15) is 16.5 Å². The van der Waals surface area contributed by atoms with E-state index in [0.29, 0.717) is 55.2 Å². The largest absolute Gasteiger partial charge is 0.497 e. The number of carbonyl (C=O) groups excluding carboxylic acids is 1. The average molecular weight is 420 g/mol. The monoisotopic (exact) mass is 419 g/mol. The maximum atomic E-state index is 12.7. The van der Waals surface area contributed by atoms with Crippen molar-refractivity contribution >= 4 is 26.7 Å². The summed E-state index contributed by atoms with van der Waals surface area (Å²) >= 11 is 0. The summed E-state index contributed by atoms with van der Waals surface area (Å²) in [6.45, 7) is 5.85. The van der Waals surface area contributed by atoms with Gasteiger partial charge in [-0.25, -0.2) is 0 Å². The molecule has 1 aromatic carbocycles. The van der Waals surface area contributed by atoms with Crippen LogP contribution in [0.15, 0.2) is 34.2 Å². The number of piperidine rings is 1. The minimum absolute atomic E-state index is 0.0212. The summed E-state index contributed by atoms with van der Waals surface area (Å²) < 4.78 is 34.7. The molecule has 2 aliphatic heterocycles. The number of nitrogens with one attached hydrogen (secondary N) is 1. The van der Waals surface area contributed by atoms with Crippen LogP contribution in [-0.4, -0.2) is 51.8 Å². The van der Waals surface area contributed by atoms with Crippen molar-refractivity contribution in [2.75, 3.05) is 26.7 Å². The van der Waals surface area contributed by atoms with Crippen LogP contribution in [0.3, 0.4) is 0 Å². The molecule has 0 spiro atoms. The van der Waals surface area contributed by atoms with Gasteiger partial charge in [0.25, 0.3) is 10.0 Å². The molecular weight excluding hydrogens is 390 g/mol. The van der Waals surface area contributed by atoms with Crippen LogP contribution in [-0.2, 0) is 14.8 Å². The van der Waals surface area contributed by atoms with E-state index in [2.05, 4.69) is 16.6 Å². The zero-order valence-corrected chi connectivity index (χ0v) is 18.1. The summed E-state index contributed by atoms with van der Waals surface area (Å²) in [4.78, 5) is 14.5. The number of rotatable bonds is 6. The Labute approximate surface area is 172 Å². The second-order valence-electron chi connectivity index (χ2n) is 7.48. The van der Waals surface area contributed by atoms with E-state index in [-0.39, 0.29) is 16.7 Å². The van der Waals surface area contributed by atoms with Gasteiger partial charge in [0, 0.05) is 31.1 Å². The second kappa shape index (κ2) is 8.98. The van der Waals surface area contributed by atoms with Crippen LogP contribution < -0.4 is 10.1 Å². The Balaban J connectivity index is 1.71. The fourth-order valence-corrected chi connectivity index (χ4v) is 5.30. The van der Waals surface area contributed by atoms with Crippen molar-refractivity contribution < 1.29 is 17.9 Å². The Bertz CT molecular complexity index is 912. The van der Waals surface area contributed by atoms with Crippen LogP contribution in [0.1, 0.15) is 45.1 Å². The van der Waals surface area contributed by atoms with Gasteiger partial charge in [-0.3, -0.25) is 4.79 Å². The van der Waals surface area contributed by atoms with Gasteiger partial charge in [0.15, 0.2) is 0 Å². The first-order valence-electron chi connectivity index (χ1n) is 10.1. The van der Waals surface area contributed by atoms with Crippen LogP contribution in [0.5, 0.6) is 5.75 Å². The molecule has 1 saturated heterocycles. The molecule has 0 aliphatic carbocycles. The van der Waals surface area contributed by atoms with E-state index in [1.165, 1.54) is 0 Å². The molecule has 2 aliphatic rings. The average Bonchev–Trinajstić information content (AvgIpc) is 2.97. The van der Waals surface area contributed by atoms with Crippen LogP contribution in [0.4, 0.5) is 0 Å². The lowest BCUT2D eigenvalue weighted by Gasteiger charge is -2.32. The highest BCUT2D eigenvalue weighted by Gasteiger charge is 2.35. The van der Waals surface area contributed by atoms with Gasteiger partial charge >= 0.3 is 0 Å². The highest BCUT2D eigenvalue weighted by Crippen LogP contribution is 2.35.